The lowest BCUT2D eigenvalue weighted by molar-refractivity contribution is 0.680. The first-order chi connectivity index (χ1) is 25.7. The van der Waals surface area contributed by atoms with Gasteiger partial charge in [-0.25, -0.2) is 9.98 Å². The number of nitrogens with zero attached hydrogens (tertiary/aromatic N) is 2. The lowest BCUT2D eigenvalue weighted by Crippen LogP contribution is -2.40. The molecule has 0 radical (unpaired) electrons. The average Bonchev–Trinajstić information content (AvgIpc) is 3.79. The molecule has 4 nitrogen and oxygen atoms in total. The third-order valence-electron chi connectivity index (χ3n) is 10.4. The van der Waals surface area contributed by atoms with Crippen LogP contribution in [0.5, 0.6) is 0 Å². The summed E-state index contributed by atoms with van der Waals surface area (Å²) in [6.07, 6.45) is -0.305. The Labute approximate surface area is 308 Å². The molecular weight excluding hydrogens is 673 g/mol. The zero-order chi connectivity index (χ0) is 34.2. The number of benzene rings is 7. The van der Waals surface area contributed by atoms with Gasteiger partial charge in [0.05, 0.1) is 11.7 Å². The summed E-state index contributed by atoms with van der Waals surface area (Å²) >= 11 is 3.72. The van der Waals surface area contributed by atoms with Gasteiger partial charge in [0.25, 0.3) is 0 Å². The second kappa shape index (κ2) is 11.8. The molecule has 0 aliphatic carbocycles. The summed E-state index contributed by atoms with van der Waals surface area (Å²) in [4.78, 5) is 13.2. The van der Waals surface area contributed by atoms with Crippen molar-refractivity contribution >= 4 is 76.3 Å². The molecule has 3 aliphatic heterocycles. The Morgan fingerprint density at radius 2 is 1.25 bits per heavy atom. The highest BCUT2D eigenvalue weighted by atomic mass is 32.2. The second-order valence-electron chi connectivity index (χ2n) is 13.4. The Morgan fingerprint density at radius 1 is 0.538 bits per heavy atom. The minimum absolute atomic E-state index is 0.147. The van der Waals surface area contributed by atoms with Crippen molar-refractivity contribution < 1.29 is 0 Å². The van der Waals surface area contributed by atoms with E-state index in [0.29, 0.717) is 0 Å². The van der Waals surface area contributed by atoms with Gasteiger partial charge in [0.1, 0.15) is 12.0 Å². The van der Waals surface area contributed by atoms with Crippen LogP contribution in [0.25, 0.3) is 41.5 Å². The van der Waals surface area contributed by atoms with E-state index in [9.17, 15) is 0 Å². The Bertz CT molecular complexity index is 2960. The fourth-order valence-electron chi connectivity index (χ4n) is 7.85. The maximum atomic E-state index is 5.30. The van der Waals surface area contributed by atoms with Gasteiger partial charge in [-0.2, -0.15) is 0 Å². The van der Waals surface area contributed by atoms with Gasteiger partial charge in [-0.1, -0.05) is 151 Å². The van der Waals surface area contributed by atoms with E-state index in [1.54, 1.807) is 0 Å². The summed E-state index contributed by atoms with van der Waals surface area (Å²) in [6, 6.07) is 56.7. The zero-order valence-electron chi connectivity index (χ0n) is 27.9. The van der Waals surface area contributed by atoms with Crippen molar-refractivity contribution in [1.82, 2.24) is 10.6 Å². The molecule has 3 aliphatic rings. The summed E-state index contributed by atoms with van der Waals surface area (Å²) in [7, 11) is 0. The predicted octanol–water partition coefficient (Wildman–Crippen LogP) is 9.42. The minimum atomic E-state index is -0.305. The predicted molar refractivity (Wildman–Crippen MR) is 218 cm³/mol. The second-order valence-corrected chi connectivity index (χ2v) is 15.6. The Morgan fingerprint density at radius 3 is 2.17 bits per heavy atom. The number of thioether (sulfide) groups is 1. The van der Waals surface area contributed by atoms with E-state index in [-0.39, 0.29) is 12.2 Å². The fraction of sp³-hybridized carbons (Fsp3) is 0.0435. The molecule has 0 spiro atoms. The van der Waals surface area contributed by atoms with Crippen LogP contribution in [-0.2, 0) is 0 Å². The van der Waals surface area contributed by atoms with Gasteiger partial charge < -0.3 is 10.6 Å². The van der Waals surface area contributed by atoms with Crippen molar-refractivity contribution in [3.05, 3.63) is 196 Å². The van der Waals surface area contributed by atoms with Crippen molar-refractivity contribution in [2.75, 3.05) is 0 Å². The van der Waals surface area contributed by atoms with Gasteiger partial charge in [-0.15, -0.1) is 11.3 Å². The van der Waals surface area contributed by atoms with Crippen LogP contribution in [-0.4, -0.2) is 11.7 Å². The summed E-state index contributed by atoms with van der Waals surface area (Å²) < 4.78 is 2.53. The maximum absolute atomic E-state index is 5.30. The smallest absolute Gasteiger partial charge is 0.159 e. The molecule has 0 saturated heterocycles. The van der Waals surface area contributed by atoms with Gasteiger partial charge in [0.15, 0.2) is 5.84 Å². The molecule has 2 N–H and O–H groups in total. The van der Waals surface area contributed by atoms with Crippen LogP contribution in [0.4, 0.5) is 0 Å². The normalized spacial score (nSPS) is 17.6. The van der Waals surface area contributed by atoms with E-state index in [2.05, 4.69) is 168 Å². The molecule has 6 heteroatoms. The van der Waals surface area contributed by atoms with Crippen LogP contribution in [0.1, 0.15) is 40.0 Å². The fourth-order valence-corrected chi connectivity index (χ4v) is 10.4. The first-order valence-electron chi connectivity index (χ1n) is 17.6. The molecule has 2 atom stereocenters. The Hall–Kier alpha value is -5.95. The Balaban J connectivity index is 1.02. The molecule has 0 saturated carbocycles. The minimum Gasteiger partial charge on any atom is -0.373 e. The number of nitrogens with one attached hydrogen (secondary N) is 2. The highest BCUT2D eigenvalue weighted by Crippen LogP contribution is 2.48. The first-order valence-corrected chi connectivity index (χ1v) is 19.2. The van der Waals surface area contributed by atoms with E-state index in [0.717, 1.165) is 39.6 Å². The van der Waals surface area contributed by atoms with Crippen molar-refractivity contribution in [3.8, 4) is 0 Å². The van der Waals surface area contributed by atoms with Crippen molar-refractivity contribution in [3.63, 3.8) is 0 Å². The SMILES string of the molecule is c1ccc2c(c1)SC1=c3ccccc3=C(c3ccc(C4=NC(c5ccc6ccccc6c5)=NC(c5cccc6c5sc5ccccc56)N4)cc3)NC12. The maximum Gasteiger partial charge on any atom is 0.159 e. The molecule has 52 heavy (non-hydrogen) atoms. The molecule has 1 aromatic heterocycles. The summed E-state index contributed by atoms with van der Waals surface area (Å²) in [6.45, 7) is 0. The highest BCUT2D eigenvalue weighted by Gasteiger charge is 2.32. The van der Waals surface area contributed by atoms with Gasteiger partial charge in [0.2, 0.25) is 0 Å². The number of hydrogen-bond donors (Lipinski definition) is 2. The van der Waals surface area contributed by atoms with Crippen LogP contribution in [0, 0.1) is 0 Å². The van der Waals surface area contributed by atoms with E-state index in [4.69, 9.17) is 9.98 Å². The number of hydrogen-bond acceptors (Lipinski definition) is 6. The van der Waals surface area contributed by atoms with E-state index >= 15 is 0 Å². The van der Waals surface area contributed by atoms with Crippen molar-refractivity contribution in [2.45, 2.75) is 17.1 Å². The zero-order valence-corrected chi connectivity index (χ0v) is 29.5. The number of aliphatic imine (C=N–C) groups is 2. The van der Waals surface area contributed by atoms with Crippen LogP contribution in [0.3, 0.4) is 0 Å². The van der Waals surface area contributed by atoms with E-state index < -0.39 is 0 Å². The molecular formula is C46H30N4S2. The average molecular weight is 703 g/mol. The van der Waals surface area contributed by atoms with E-state index in [1.165, 1.54) is 56.7 Å². The van der Waals surface area contributed by atoms with Crippen molar-refractivity contribution in [2.24, 2.45) is 9.98 Å². The van der Waals surface area contributed by atoms with Crippen molar-refractivity contribution in [1.29, 1.82) is 0 Å². The van der Waals surface area contributed by atoms with Crippen LogP contribution in [0.2, 0.25) is 0 Å². The molecule has 11 rings (SSSR count). The third kappa shape index (κ3) is 4.75. The van der Waals surface area contributed by atoms with Crippen LogP contribution >= 0.6 is 23.1 Å². The standard InChI is InChI=1S/C46H30N4S2/c1-2-11-30-26-31(25-20-27(30)10-1)45-48-44(49-46(50-45)37-17-9-16-34-32-12-5-7-18-38(32)51-42(34)37)29-23-21-28(22-24-29)40-33-13-3-4-14-35(33)43-41(47-40)36-15-6-8-19-39(36)52-43/h1-26,41,46-47H,(H,48,49,50). The first kappa shape index (κ1) is 29.7. The molecule has 2 unspecified atom stereocenters. The molecule has 0 fully saturated rings. The quantitative estimate of drug-likeness (QED) is 0.192. The summed E-state index contributed by atoms with van der Waals surface area (Å²) in [5.41, 5.74) is 6.82. The number of amidine groups is 2. The topological polar surface area (TPSA) is 48.8 Å². The molecule has 7 aromatic carbocycles. The highest BCUT2D eigenvalue weighted by molar-refractivity contribution is 8.08. The Kier molecular flexibility index (Phi) is 6.75. The summed E-state index contributed by atoms with van der Waals surface area (Å²) in [5.74, 6) is 1.54. The monoisotopic (exact) mass is 702 g/mol. The van der Waals surface area contributed by atoms with Gasteiger partial charge >= 0.3 is 0 Å². The van der Waals surface area contributed by atoms with Gasteiger partial charge in [-0.05, 0) is 45.3 Å². The molecule has 4 heterocycles. The molecule has 0 amide bonds. The number of rotatable bonds is 4. The number of thiophene rings is 1. The van der Waals surface area contributed by atoms with Gasteiger partial charge in [-0.3, -0.25) is 0 Å². The summed E-state index contributed by atoms with van der Waals surface area (Å²) in [5, 5.41) is 15.1. The van der Waals surface area contributed by atoms with Gasteiger partial charge in [0, 0.05) is 51.9 Å². The molecule has 0 bridgehead atoms. The number of fused-ring (bicyclic) bond motifs is 8. The van der Waals surface area contributed by atoms with Crippen LogP contribution < -0.4 is 21.1 Å². The van der Waals surface area contributed by atoms with Crippen LogP contribution in [0.15, 0.2) is 173 Å². The molecule has 8 aromatic rings. The third-order valence-corrected chi connectivity index (χ3v) is 12.9. The van der Waals surface area contributed by atoms with E-state index in [1.807, 2.05) is 23.1 Å². The lowest BCUT2D eigenvalue weighted by Gasteiger charge is -2.25. The molecule has 246 valence electrons. The lowest BCUT2D eigenvalue weighted by atomic mass is 9.97. The largest absolute Gasteiger partial charge is 0.373 e.